The lowest BCUT2D eigenvalue weighted by Crippen LogP contribution is -2.28. The van der Waals surface area contributed by atoms with Gasteiger partial charge in [0.05, 0.1) is 11.7 Å². The molecule has 92 valence electrons. The number of aliphatic hydroxyl groups is 1. The van der Waals surface area contributed by atoms with E-state index in [1.807, 2.05) is 13.0 Å². The lowest BCUT2D eigenvalue weighted by Gasteiger charge is -2.13. The number of carbonyl (C=O) groups is 1. The van der Waals surface area contributed by atoms with Crippen LogP contribution in [0.15, 0.2) is 11.6 Å². The lowest BCUT2D eigenvalue weighted by atomic mass is 9.99. The number of ether oxygens (including phenoxy) is 2. The molecule has 2 unspecified atom stereocenters. The van der Waals surface area contributed by atoms with E-state index in [4.69, 9.17) is 9.47 Å². The van der Waals surface area contributed by atoms with Gasteiger partial charge in [0.2, 0.25) is 0 Å². The highest BCUT2D eigenvalue weighted by Gasteiger charge is 2.48. The number of epoxide rings is 1. The number of hydrogen-bond donors (Lipinski definition) is 1. The summed E-state index contributed by atoms with van der Waals surface area (Å²) in [6.07, 6.45) is 2.65. The van der Waals surface area contributed by atoms with Crippen LogP contribution in [-0.4, -0.2) is 35.5 Å². The molecule has 0 bridgehead atoms. The molecule has 1 heterocycles. The van der Waals surface area contributed by atoms with Crippen LogP contribution >= 0.6 is 0 Å². The third kappa shape index (κ3) is 4.33. The Morgan fingerprint density at radius 3 is 2.56 bits per heavy atom. The van der Waals surface area contributed by atoms with E-state index in [-0.39, 0.29) is 18.2 Å². The van der Waals surface area contributed by atoms with Crippen molar-refractivity contribution in [3.8, 4) is 0 Å². The zero-order valence-electron chi connectivity index (χ0n) is 10.3. The van der Waals surface area contributed by atoms with Crippen LogP contribution < -0.4 is 0 Å². The first kappa shape index (κ1) is 13.2. The van der Waals surface area contributed by atoms with Crippen LogP contribution in [0.2, 0.25) is 0 Å². The Morgan fingerprint density at radius 2 is 2.12 bits per heavy atom. The minimum Gasteiger partial charge on any atom is -0.462 e. The van der Waals surface area contributed by atoms with E-state index >= 15 is 0 Å². The molecule has 0 aromatic carbocycles. The van der Waals surface area contributed by atoms with Gasteiger partial charge in [-0.3, -0.25) is 4.79 Å². The molecule has 1 aliphatic rings. The Bertz CT molecular complexity index is 288. The highest BCUT2D eigenvalue weighted by atomic mass is 16.6. The Balaban J connectivity index is 2.26. The molecule has 2 atom stereocenters. The summed E-state index contributed by atoms with van der Waals surface area (Å²) in [6.45, 7) is 7.15. The SMILES string of the molecule is CC(=O)OC/C=C(\C)CC1OC1C(C)(C)O. The van der Waals surface area contributed by atoms with Crippen molar-refractivity contribution in [3.63, 3.8) is 0 Å². The fourth-order valence-corrected chi connectivity index (χ4v) is 1.62. The maximum atomic E-state index is 10.5. The molecule has 0 amide bonds. The summed E-state index contributed by atoms with van der Waals surface area (Å²) in [7, 11) is 0. The van der Waals surface area contributed by atoms with E-state index in [1.54, 1.807) is 13.8 Å². The van der Waals surface area contributed by atoms with Crippen molar-refractivity contribution < 1.29 is 19.4 Å². The maximum Gasteiger partial charge on any atom is 0.302 e. The van der Waals surface area contributed by atoms with Gasteiger partial charge in [0.15, 0.2) is 0 Å². The first-order chi connectivity index (χ1) is 7.30. The highest BCUT2D eigenvalue weighted by Crippen LogP contribution is 2.35. The summed E-state index contributed by atoms with van der Waals surface area (Å²) >= 11 is 0. The van der Waals surface area contributed by atoms with E-state index < -0.39 is 5.60 Å². The second-order valence-corrected chi connectivity index (χ2v) is 4.81. The van der Waals surface area contributed by atoms with Gasteiger partial charge in [-0.15, -0.1) is 0 Å². The molecule has 0 radical (unpaired) electrons. The van der Waals surface area contributed by atoms with Crippen molar-refractivity contribution in [2.24, 2.45) is 0 Å². The average molecular weight is 228 g/mol. The quantitative estimate of drug-likeness (QED) is 0.439. The summed E-state index contributed by atoms with van der Waals surface area (Å²) in [4.78, 5) is 10.5. The van der Waals surface area contributed by atoms with Crippen molar-refractivity contribution in [2.75, 3.05) is 6.61 Å². The molecule has 1 N–H and O–H groups in total. The zero-order chi connectivity index (χ0) is 12.3. The van der Waals surface area contributed by atoms with E-state index in [9.17, 15) is 9.90 Å². The third-order valence-corrected chi connectivity index (χ3v) is 2.52. The molecule has 1 rings (SSSR count). The molecule has 4 nitrogen and oxygen atoms in total. The fraction of sp³-hybridized carbons (Fsp3) is 0.750. The van der Waals surface area contributed by atoms with Gasteiger partial charge in [0, 0.05) is 6.92 Å². The smallest absolute Gasteiger partial charge is 0.302 e. The minimum absolute atomic E-state index is 0.0791. The van der Waals surface area contributed by atoms with Crippen LogP contribution in [0.25, 0.3) is 0 Å². The molecule has 1 aliphatic heterocycles. The monoisotopic (exact) mass is 228 g/mol. The first-order valence-corrected chi connectivity index (χ1v) is 5.47. The first-order valence-electron chi connectivity index (χ1n) is 5.47. The largest absolute Gasteiger partial charge is 0.462 e. The summed E-state index contributed by atoms with van der Waals surface area (Å²) in [5.74, 6) is -0.277. The summed E-state index contributed by atoms with van der Waals surface area (Å²) in [5.41, 5.74) is 0.332. The zero-order valence-corrected chi connectivity index (χ0v) is 10.3. The molecule has 4 heteroatoms. The number of carbonyl (C=O) groups excluding carboxylic acids is 1. The van der Waals surface area contributed by atoms with E-state index in [0.717, 1.165) is 12.0 Å². The predicted octanol–water partition coefficient (Wildman–Crippen LogP) is 1.42. The Morgan fingerprint density at radius 1 is 1.50 bits per heavy atom. The maximum absolute atomic E-state index is 10.5. The summed E-state index contributed by atoms with van der Waals surface area (Å²) in [5, 5.41) is 9.68. The Kier molecular flexibility index (Phi) is 4.10. The van der Waals surface area contributed by atoms with E-state index in [0.29, 0.717) is 6.61 Å². The van der Waals surface area contributed by atoms with Gasteiger partial charge >= 0.3 is 5.97 Å². The summed E-state index contributed by atoms with van der Waals surface area (Å²) < 4.78 is 10.2. The molecule has 16 heavy (non-hydrogen) atoms. The fourth-order valence-electron chi connectivity index (χ4n) is 1.62. The lowest BCUT2D eigenvalue weighted by molar-refractivity contribution is -0.139. The normalized spacial score (nSPS) is 25.4. The van der Waals surface area contributed by atoms with Crippen LogP contribution in [0.5, 0.6) is 0 Å². The van der Waals surface area contributed by atoms with Gasteiger partial charge in [-0.1, -0.05) is 5.57 Å². The topological polar surface area (TPSA) is 59.1 Å². The van der Waals surface area contributed by atoms with Gasteiger partial charge in [0.1, 0.15) is 12.7 Å². The second-order valence-electron chi connectivity index (χ2n) is 4.81. The van der Waals surface area contributed by atoms with Crippen molar-refractivity contribution in [2.45, 2.75) is 51.9 Å². The standard InChI is InChI=1S/C12H20O4/c1-8(5-6-15-9(2)13)7-10-11(16-10)12(3,4)14/h5,10-11,14H,6-7H2,1-4H3/b8-5+. The van der Waals surface area contributed by atoms with Crippen LogP contribution in [0, 0.1) is 0 Å². The molecule has 0 saturated carbocycles. The van der Waals surface area contributed by atoms with Crippen molar-refractivity contribution in [3.05, 3.63) is 11.6 Å². The van der Waals surface area contributed by atoms with E-state index in [2.05, 4.69) is 0 Å². The highest BCUT2D eigenvalue weighted by molar-refractivity contribution is 5.66. The molecular weight excluding hydrogens is 208 g/mol. The van der Waals surface area contributed by atoms with Crippen molar-refractivity contribution >= 4 is 5.97 Å². The van der Waals surface area contributed by atoms with Gasteiger partial charge in [-0.05, 0) is 33.3 Å². The van der Waals surface area contributed by atoms with E-state index in [1.165, 1.54) is 6.92 Å². The van der Waals surface area contributed by atoms with Gasteiger partial charge in [0.25, 0.3) is 0 Å². The van der Waals surface area contributed by atoms with Crippen LogP contribution in [0.3, 0.4) is 0 Å². The average Bonchev–Trinajstić information content (AvgIpc) is 2.81. The number of esters is 1. The molecule has 0 aliphatic carbocycles. The van der Waals surface area contributed by atoms with Gasteiger partial charge < -0.3 is 14.6 Å². The van der Waals surface area contributed by atoms with Crippen molar-refractivity contribution in [1.82, 2.24) is 0 Å². The van der Waals surface area contributed by atoms with Crippen LogP contribution in [0.1, 0.15) is 34.1 Å². The second kappa shape index (κ2) is 4.97. The van der Waals surface area contributed by atoms with Crippen LogP contribution in [-0.2, 0) is 14.3 Å². The Hall–Kier alpha value is -0.870. The molecule has 1 fully saturated rings. The van der Waals surface area contributed by atoms with Crippen molar-refractivity contribution in [1.29, 1.82) is 0 Å². The van der Waals surface area contributed by atoms with Gasteiger partial charge in [-0.25, -0.2) is 0 Å². The van der Waals surface area contributed by atoms with Gasteiger partial charge in [-0.2, -0.15) is 0 Å². The number of hydrogen-bond acceptors (Lipinski definition) is 4. The molecular formula is C12H20O4. The molecule has 1 saturated heterocycles. The molecule has 0 spiro atoms. The summed E-state index contributed by atoms with van der Waals surface area (Å²) in [6, 6.07) is 0. The third-order valence-electron chi connectivity index (χ3n) is 2.52. The Labute approximate surface area is 96.2 Å². The predicted molar refractivity (Wildman–Crippen MR) is 60.0 cm³/mol. The molecule has 0 aromatic heterocycles. The number of rotatable bonds is 5. The van der Waals surface area contributed by atoms with Crippen LogP contribution in [0.4, 0.5) is 0 Å². The molecule has 0 aromatic rings. The minimum atomic E-state index is -0.777.